The SMILES string of the molecule is CCCNCCCCN1CCC2C(CCCN2C)C1. The van der Waals surface area contributed by atoms with Crippen LogP contribution in [0.4, 0.5) is 0 Å². The van der Waals surface area contributed by atoms with Crippen LogP contribution in [0.1, 0.15) is 45.4 Å². The third-order valence-electron chi connectivity index (χ3n) is 4.93. The quantitative estimate of drug-likeness (QED) is 0.713. The van der Waals surface area contributed by atoms with Crippen LogP contribution in [-0.4, -0.2) is 62.2 Å². The fourth-order valence-electron chi connectivity index (χ4n) is 3.82. The summed E-state index contributed by atoms with van der Waals surface area (Å²) in [6.07, 6.45) is 8.22. The Morgan fingerprint density at radius 1 is 1.11 bits per heavy atom. The van der Waals surface area contributed by atoms with E-state index in [0.717, 1.165) is 12.0 Å². The first-order valence-corrected chi connectivity index (χ1v) is 8.44. The van der Waals surface area contributed by atoms with E-state index in [1.54, 1.807) is 0 Å². The molecule has 0 saturated carbocycles. The summed E-state index contributed by atoms with van der Waals surface area (Å²) in [5.41, 5.74) is 0. The summed E-state index contributed by atoms with van der Waals surface area (Å²) in [6, 6.07) is 0.885. The monoisotopic (exact) mass is 267 g/mol. The van der Waals surface area contributed by atoms with E-state index in [9.17, 15) is 0 Å². The maximum Gasteiger partial charge on any atom is 0.0145 e. The second-order valence-electron chi connectivity index (χ2n) is 6.50. The molecule has 3 heteroatoms. The third-order valence-corrected chi connectivity index (χ3v) is 4.93. The Kier molecular flexibility index (Phi) is 6.62. The number of nitrogens with one attached hydrogen (secondary N) is 1. The number of unbranched alkanes of at least 4 members (excludes halogenated alkanes) is 1. The average molecular weight is 267 g/mol. The molecule has 0 spiro atoms. The van der Waals surface area contributed by atoms with Crippen LogP contribution >= 0.6 is 0 Å². The lowest BCUT2D eigenvalue weighted by atomic mass is 9.84. The van der Waals surface area contributed by atoms with Gasteiger partial charge in [-0.05, 0) is 84.2 Å². The minimum absolute atomic E-state index is 0.885. The molecule has 2 aliphatic heterocycles. The van der Waals surface area contributed by atoms with Crippen LogP contribution in [0.2, 0.25) is 0 Å². The number of nitrogens with zero attached hydrogens (tertiary/aromatic N) is 2. The van der Waals surface area contributed by atoms with Gasteiger partial charge in [-0.15, -0.1) is 0 Å². The molecule has 112 valence electrons. The molecule has 2 fully saturated rings. The molecule has 0 aromatic carbocycles. The molecule has 2 heterocycles. The van der Waals surface area contributed by atoms with Crippen molar-refractivity contribution in [1.29, 1.82) is 0 Å². The van der Waals surface area contributed by atoms with Crippen molar-refractivity contribution < 1.29 is 0 Å². The predicted molar refractivity (Wildman–Crippen MR) is 82.6 cm³/mol. The number of hydrogen-bond acceptors (Lipinski definition) is 3. The molecular weight excluding hydrogens is 234 g/mol. The molecule has 3 nitrogen and oxygen atoms in total. The molecule has 19 heavy (non-hydrogen) atoms. The van der Waals surface area contributed by atoms with Crippen LogP contribution in [0, 0.1) is 5.92 Å². The van der Waals surface area contributed by atoms with E-state index in [4.69, 9.17) is 0 Å². The molecule has 2 rings (SSSR count). The highest BCUT2D eigenvalue weighted by Gasteiger charge is 2.33. The summed E-state index contributed by atoms with van der Waals surface area (Å²) >= 11 is 0. The van der Waals surface area contributed by atoms with Crippen LogP contribution in [0.15, 0.2) is 0 Å². The van der Waals surface area contributed by atoms with Gasteiger partial charge in [0.2, 0.25) is 0 Å². The van der Waals surface area contributed by atoms with Gasteiger partial charge in [-0.2, -0.15) is 0 Å². The van der Waals surface area contributed by atoms with Crippen molar-refractivity contribution in [3.8, 4) is 0 Å². The second-order valence-corrected chi connectivity index (χ2v) is 6.50. The van der Waals surface area contributed by atoms with Crippen LogP contribution in [0.5, 0.6) is 0 Å². The van der Waals surface area contributed by atoms with Crippen LogP contribution in [-0.2, 0) is 0 Å². The lowest BCUT2D eigenvalue weighted by Crippen LogP contribution is -2.52. The van der Waals surface area contributed by atoms with Gasteiger partial charge in [0.05, 0.1) is 0 Å². The maximum atomic E-state index is 3.50. The van der Waals surface area contributed by atoms with E-state index >= 15 is 0 Å². The second kappa shape index (κ2) is 8.23. The number of piperidine rings is 2. The first-order chi connectivity index (χ1) is 9.31. The molecule has 0 aromatic heterocycles. The van der Waals surface area contributed by atoms with Crippen molar-refractivity contribution in [3.05, 3.63) is 0 Å². The zero-order valence-electron chi connectivity index (χ0n) is 13.0. The van der Waals surface area contributed by atoms with Crippen molar-refractivity contribution in [2.24, 2.45) is 5.92 Å². The molecule has 1 N–H and O–H groups in total. The zero-order valence-corrected chi connectivity index (χ0v) is 13.0. The summed E-state index contributed by atoms with van der Waals surface area (Å²) in [6.45, 7) is 9.95. The molecule has 2 unspecified atom stereocenters. The highest BCUT2D eigenvalue weighted by atomic mass is 15.2. The summed E-state index contributed by atoms with van der Waals surface area (Å²) in [5.74, 6) is 0.950. The third kappa shape index (κ3) is 4.73. The minimum Gasteiger partial charge on any atom is -0.317 e. The van der Waals surface area contributed by atoms with Gasteiger partial charge in [-0.25, -0.2) is 0 Å². The van der Waals surface area contributed by atoms with Crippen molar-refractivity contribution >= 4 is 0 Å². The van der Waals surface area contributed by atoms with Crippen molar-refractivity contribution in [2.45, 2.75) is 51.5 Å². The van der Waals surface area contributed by atoms with E-state index in [0.29, 0.717) is 0 Å². The van der Waals surface area contributed by atoms with Gasteiger partial charge in [-0.3, -0.25) is 0 Å². The Bertz CT molecular complexity index is 244. The Morgan fingerprint density at radius 3 is 2.84 bits per heavy atom. The largest absolute Gasteiger partial charge is 0.317 e. The fourth-order valence-corrected chi connectivity index (χ4v) is 3.82. The van der Waals surface area contributed by atoms with Gasteiger partial charge in [0.25, 0.3) is 0 Å². The smallest absolute Gasteiger partial charge is 0.0145 e. The fraction of sp³-hybridized carbons (Fsp3) is 1.00. The van der Waals surface area contributed by atoms with Gasteiger partial charge in [0.1, 0.15) is 0 Å². The first-order valence-electron chi connectivity index (χ1n) is 8.44. The average Bonchev–Trinajstić information content (AvgIpc) is 2.43. The molecule has 0 radical (unpaired) electrons. The molecule has 2 atom stereocenters. The van der Waals surface area contributed by atoms with E-state index in [-0.39, 0.29) is 0 Å². The Labute approximate surface area is 119 Å². The summed E-state index contributed by atoms with van der Waals surface area (Å²) in [5, 5.41) is 3.50. The topological polar surface area (TPSA) is 18.5 Å². The molecule has 2 saturated heterocycles. The lowest BCUT2D eigenvalue weighted by molar-refractivity contribution is 0.0381. The van der Waals surface area contributed by atoms with Crippen LogP contribution in [0.25, 0.3) is 0 Å². The van der Waals surface area contributed by atoms with Crippen LogP contribution in [0.3, 0.4) is 0 Å². The molecular formula is C16H33N3. The molecule has 0 amide bonds. The number of rotatable bonds is 7. The zero-order chi connectivity index (χ0) is 13.5. The van der Waals surface area contributed by atoms with Gasteiger partial charge in [-0.1, -0.05) is 6.92 Å². The number of hydrogen-bond donors (Lipinski definition) is 1. The predicted octanol–water partition coefficient (Wildman–Crippen LogP) is 2.18. The maximum absolute atomic E-state index is 3.50. The number of fused-ring (bicyclic) bond motifs is 1. The Balaban J connectivity index is 1.59. The minimum atomic E-state index is 0.885. The van der Waals surface area contributed by atoms with E-state index in [1.807, 2.05) is 0 Å². The summed E-state index contributed by atoms with van der Waals surface area (Å²) in [7, 11) is 2.33. The summed E-state index contributed by atoms with van der Waals surface area (Å²) < 4.78 is 0. The van der Waals surface area contributed by atoms with Crippen molar-refractivity contribution in [1.82, 2.24) is 15.1 Å². The lowest BCUT2D eigenvalue weighted by Gasteiger charge is -2.46. The molecule has 0 aromatic rings. The standard InChI is InChI=1S/C16H33N3/c1-3-9-17-10-4-5-12-19-13-8-16-15(14-19)7-6-11-18(16)2/h15-17H,3-14H2,1-2H3. The van der Waals surface area contributed by atoms with E-state index in [1.165, 1.54) is 77.8 Å². The van der Waals surface area contributed by atoms with E-state index in [2.05, 4.69) is 29.1 Å². The van der Waals surface area contributed by atoms with Crippen molar-refractivity contribution in [3.63, 3.8) is 0 Å². The van der Waals surface area contributed by atoms with Gasteiger partial charge in [0.15, 0.2) is 0 Å². The molecule has 0 aliphatic carbocycles. The highest BCUT2D eigenvalue weighted by Crippen LogP contribution is 2.29. The Morgan fingerprint density at radius 2 is 2.00 bits per heavy atom. The van der Waals surface area contributed by atoms with Crippen molar-refractivity contribution in [2.75, 3.05) is 46.3 Å². The Hall–Kier alpha value is -0.120. The molecule has 2 aliphatic rings. The molecule has 0 bridgehead atoms. The number of likely N-dealkylation sites (tertiary alicyclic amines) is 2. The first kappa shape index (κ1) is 15.3. The van der Waals surface area contributed by atoms with Gasteiger partial charge in [0, 0.05) is 12.6 Å². The highest BCUT2D eigenvalue weighted by molar-refractivity contribution is 4.89. The normalized spacial score (nSPS) is 29.4. The summed E-state index contributed by atoms with van der Waals surface area (Å²) in [4.78, 5) is 5.33. The van der Waals surface area contributed by atoms with E-state index < -0.39 is 0 Å². The van der Waals surface area contributed by atoms with Gasteiger partial charge >= 0.3 is 0 Å². The van der Waals surface area contributed by atoms with Gasteiger partial charge < -0.3 is 15.1 Å². The van der Waals surface area contributed by atoms with Crippen LogP contribution < -0.4 is 5.32 Å².